The number of rotatable bonds is 2. The third-order valence-corrected chi connectivity index (χ3v) is 10.4. The molecule has 5 rings (SSSR count). The lowest BCUT2D eigenvalue weighted by molar-refractivity contribution is -0.327. The first kappa shape index (κ1) is 21.5. The van der Waals surface area contributed by atoms with Gasteiger partial charge in [0.1, 0.15) is 11.5 Å². The minimum atomic E-state index is -0.834. The third kappa shape index (κ3) is 2.92. The van der Waals surface area contributed by atoms with Gasteiger partial charge < -0.3 is 25.2 Å². The van der Waals surface area contributed by atoms with Crippen molar-refractivity contribution in [2.45, 2.75) is 84.0 Å². The summed E-state index contributed by atoms with van der Waals surface area (Å²) in [6.07, 6.45) is 6.88. The first-order valence-electron chi connectivity index (χ1n) is 12.1. The standard InChI is InChI=1S/C26H38O5/c1-23-11-7-20-24(2)9-4-10-26(20,15-31-22(24)29)19(23)8-12-25(3,30)21(23)14-16-13-17(27)5-6-18(16)28/h5-6,13,19-22,27-30H,4,7-12,14-15H2,1-3H3. The molecule has 1 aromatic rings. The Morgan fingerprint density at radius 3 is 2.45 bits per heavy atom. The Morgan fingerprint density at radius 1 is 0.968 bits per heavy atom. The van der Waals surface area contributed by atoms with Crippen molar-refractivity contribution in [1.29, 1.82) is 0 Å². The molecule has 0 radical (unpaired) electrons. The minimum absolute atomic E-state index is 0.0261. The van der Waals surface area contributed by atoms with Gasteiger partial charge in [0, 0.05) is 10.8 Å². The zero-order valence-corrected chi connectivity index (χ0v) is 19.1. The number of hydrogen-bond acceptors (Lipinski definition) is 5. The average molecular weight is 431 g/mol. The zero-order chi connectivity index (χ0) is 22.2. The molecule has 5 nitrogen and oxygen atoms in total. The first-order valence-corrected chi connectivity index (χ1v) is 12.1. The van der Waals surface area contributed by atoms with Gasteiger partial charge in [0.15, 0.2) is 6.29 Å². The molecular formula is C26H38O5. The molecule has 0 amide bonds. The molecule has 31 heavy (non-hydrogen) atoms. The Hall–Kier alpha value is -1.30. The first-order chi connectivity index (χ1) is 14.5. The van der Waals surface area contributed by atoms with E-state index in [1.54, 1.807) is 12.1 Å². The Kier molecular flexibility index (Phi) is 4.76. The van der Waals surface area contributed by atoms with Gasteiger partial charge in [0.25, 0.3) is 0 Å². The van der Waals surface area contributed by atoms with Crippen molar-refractivity contribution in [1.82, 2.24) is 0 Å². The molecule has 4 N–H and O–H groups in total. The number of hydrogen-bond donors (Lipinski definition) is 4. The minimum Gasteiger partial charge on any atom is -0.508 e. The monoisotopic (exact) mass is 430 g/mol. The van der Waals surface area contributed by atoms with E-state index in [2.05, 4.69) is 13.8 Å². The highest BCUT2D eigenvalue weighted by Gasteiger charge is 2.69. The molecule has 2 bridgehead atoms. The van der Waals surface area contributed by atoms with Crippen LogP contribution in [-0.2, 0) is 11.2 Å². The summed E-state index contributed by atoms with van der Waals surface area (Å²) >= 11 is 0. The molecule has 4 aliphatic rings. The summed E-state index contributed by atoms with van der Waals surface area (Å²) in [5, 5.41) is 42.8. The summed E-state index contributed by atoms with van der Waals surface area (Å²) in [5.74, 6) is 1.16. The van der Waals surface area contributed by atoms with Crippen LogP contribution in [0.15, 0.2) is 18.2 Å². The van der Waals surface area contributed by atoms with E-state index >= 15 is 0 Å². The predicted molar refractivity (Wildman–Crippen MR) is 117 cm³/mol. The van der Waals surface area contributed by atoms with Gasteiger partial charge >= 0.3 is 0 Å². The fourth-order valence-corrected chi connectivity index (χ4v) is 8.88. The lowest BCUT2D eigenvalue weighted by atomic mass is 9.37. The summed E-state index contributed by atoms with van der Waals surface area (Å²) in [5.41, 5.74) is -0.360. The van der Waals surface area contributed by atoms with Crippen LogP contribution in [0.5, 0.6) is 11.5 Å². The quantitative estimate of drug-likeness (QED) is 0.524. The molecule has 3 aliphatic carbocycles. The third-order valence-electron chi connectivity index (χ3n) is 10.4. The van der Waals surface area contributed by atoms with Gasteiger partial charge in [0.2, 0.25) is 0 Å². The summed E-state index contributed by atoms with van der Waals surface area (Å²) in [6, 6.07) is 4.68. The molecule has 1 aromatic carbocycles. The van der Waals surface area contributed by atoms with E-state index < -0.39 is 11.9 Å². The van der Waals surface area contributed by atoms with Crippen molar-refractivity contribution < 1.29 is 25.2 Å². The molecule has 8 atom stereocenters. The molecule has 0 aromatic heterocycles. The fraction of sp³-hybridized carbons (Fsp3) is 0.769. The second-order valence-electron chi connectivity index (χ2n) is 11.9. The van der Waals surface area contributed by atoms with Crippen molar-refractivity contribution >= 4 is 0 Å². The number of phenols is 2. The zero-order valence-electron chi connectivity index (χ0n) is 19.1. The molecule has 1 saturated heterocycles. The molecule has 3 saturated carbocycles. The maximum absolute atomic E-state index is 11.6. The van der Waals surface area contributed by atoms with E-state index in [1.165, 1.54) is 6.07 Å². The summed E-state index contributed by atoms with van der Waals surface area (Å²) in [7, 11) is 0. The molecule has 8 unspecified atom stereocenters. The van der Waals surface area contributed by atoms with Crippen molar-refractivity contribution in [2.24, 2.45) is 34.0 Å². The van der Waals surface area contributed by atoms with Crippen LogP contribution < -0.4 is 0 Å². The smallest absolute Gasteiger partial charge is 0.160 e. The lowest BCUT2D eigenvalue weighted by Gasteiger charge is -2.70. The Bertz CT molecular complexity index is 867. The van der Waals surface area contributed by atoms with E-state index in [-0.39, 0.29) is 33.7 Å². The fourth-order valence-electron chi connectivity index (χ4n) is 8.88. The van der Waals surface area contributed by atoms with Gasteiger partial charge in [-0.25, -0.2) is 0 Å². The van der Waals surface area contributed by atoms with Crippen LogP contribution in [0.2, 0.25) is 0 Å². The SMILES string of the molecule is CC1(O)CCC2C(C)(CCC3C4(C)CCCC32COC4O)C1Cc1cc(O)ccc1O. The van der Waals surface area contributed by atoms with Gasteiger partial charge in [-0.1, -0.05) is 20.3 Å². The molecular weight excluding hydrogens is 392 g/mol. The maximum Gasteiger partial charge on any atom is 0.160 e. The average Bonchev–Trinajstić information content (AvgIpc) is 2.70. The highest BCUT2D eigenvalue weighted by molar-refractivity contribution is 5.39. The van der Waals surface area contributed by atoms with Crippen molar-refractivity contribution in [3.8, 4) is 11.5 Å². The predicted octanol–water partition coefficient (Wildman–Crippen LogP) is 4.36. The van der Waals surface area contributed by atoms with Crippen LogP contribution in [0.3, 0.4) is 0 Å². The number of benzene rings is 1. The van der Waals surface area contributed by atoms with Gasteiger partial charge in [0.05, 0.1) is 12.2 Å². The van der Waals surface area contributed by atoms with Gasteiger partial charge in [-0.3, -0.25) is 0 Å². The second-order valence-corrected chi connectivity index (χ2v) is 11.9. The highest BCUT2D eigenvalue weighted by atomic mass is 16.6. The van der Waals surface area contributed by atoms with E-state index in [0.29, 0.717) is 30.4 Å². The van der Waals surface area contributed by atoms with Crippen molar-refractivity contribution in [3.63, 3.8) is 0 Å². The second kappa shape index (κ2) is 6.85. The largest absolute Gasteiger partial charge is 0.508 e. The normalized spacial score (nSPS) is 49.2. The molecule has 1 heterocycles. The van der Waals surface area contributed by atoms with E-state index in [4.69, 9.17) is 4.74 Å². The summed E-state index contributed by atoms with van der Waals surface area (Å²) in [6.45, 7) is 7.13. The number of aliphatic hydroxyl groups excluding tert-OH is 1. The van der Waals surface area contributed by atoms with E-state index in [0.717, 1.165) is 44.9 Å². The van der Waals surface area contributed by atoms with Crippen molar-refractivity contribution in [2.75, 3.05) is 6.61 Å². The van der Waals surface area contributed by atoms with Crippen LogP contribution in [-0.4, -0.2) is 38.9 Å². The number of aromatic hydroxyl groups is 2. The van der Waals surface area contributed by atoms with E-state index in [1.807, 2.05) is 6.92 Å². The molecule has 5 heteroatoms. The Labute approximate surface area is 185 Å². The van der Waals surface area contributed by atoms with Crippen LogP contribution in [0, 0.1) is 34.0 Å². The van der Waals surface area contributed by atoms with Gasteiger partial charge in [-0.05, 0) is 98.8 Å². The Balaban J connectivity index is 1.55. The number of aliphatic hydroxyl groups is 2. The van der Waals surface area contributed by atoms with Crippen molar-refractivity contribution in [3.05, 3.63) is 23.8 Å². The van der Waals surface area contributed by atoms with Crippen LogP contribution in [0.4, 0.5) is 0 Å². The van der Waals surface area contributed by atoms with Gasteiger partial charge in [-0.15, -0.1) is 0 Å². The van der Waals surface area contributed by atoms with E-state index in [9.17, 15) is 20.4 Å². The maximum atomic E-state index is 11.6. The number of fused-ring (bicyclic) bond motifs is 1. The molecule has 0 spiro atoms. The molecule has 4 fully saturated rings. The highest BCUT2D eigenvalue weighted by Crippen LogP contribution is 2.72. The van der Waals surface area contributed by atoms with Crippen LogP contribution in [0.1, 0.15) is 71.3 Å². The Morgan fingerprint density at radius 2 is 1.68 bits per heavy atom. The molecule has 1 aliphatic heterocycles. The lowest BCUT2D eigenvalue weighted by Crippen LogP contribution is -2.68. The number of ether oxygens (including phenoxy) is 1. The topological polar surface area (TPSA) is 90.2 Å². The molecule has 172 valence electrons. The summed E-state index contributed by atoms with van der Waals surface area (Å²) in [4.78, 5) is 0. The summed E-state index contributed by atoms with van der Waals surface area (Å²) < 4.78 is 6.06. The van der Waals surface area contributed by atoms with Crippen LogP contribution >= 0.6 is 0 Å². The van der Waals surface area contributed by atoms with Gasteiger partial charge in [-0.2, -0.15) is 0 Å². The number of phenolic OH excluding ortho intramolecular Hbond substituents is 2. The van der Waals surface area contributed by atoms with Crippen LogP contribution in [0.25, 0.3) is 0 Å².